The van der Waals surface area contributed by atoms with Gasteiger partial charge in [0.2, 0.25) is 0 Å². The zero-order valence-corrected chi connectivity index (χ0v) is 9.14. The first-order chi connectivity index (χ1) is 7.88. The van der Waals surface area contributed by atoms with Gasteiger partial charge in [0.15, 0.2) is 0 Å². The Morgan fingerprint density at radius 2 is 1.81 bits per heavy atom. The van der Waals surface area contributed by atoms with Crippen LogP contribution in [0, 0.1) is 6.07 Å². The molecule has 0 aliphatic carbocycles. The average molecular weight is 213 g/mol. The molecule has 0 amide bonds. The fraction of sp³-hybridized carbons (Fsp3) is 0.143. The van der Waals surface area contributed by atoms with Gasteiger partial charge in [-0.3, -0.25) is 0 Å². The summed E-state index contributed by atoms with van der Waals surface area (Å²) in [5.41, 5.74) is 1.14. The topological polar surface area (TPSA) is 18.5 Å². The zero-order chi connectivity index (χ0) is 11.2. The third-order valence-corrected chi connectivity index (χ3v) is 2.22. The van der Waals surface area contributed by atoms with Crippen molar-refractivity contribution in [1.29, 1.82) is 0 Å². The van der Waals surface area contributed by atoms with Gasteiger partial charge in [0.1, 0.15) is 18.1 Å². The molecule has 81 valence electrons. The van der Waals surface area contributed by atoms with E-state index >= 15 is 0 Å². The fourth-order valence-corrected chi connectivity index (χ4v) is 1.37. The third kappa shape index (κ3) is 2.76. The number of hydrogen-bond acceptors (Lipinski definition) is 2. The second-order valence-electron chi connectivity index (χ2n) is 3.38. The predicted octanol–water partition coefficient (Wildman–Crippen LogP) is 3.07. The number of methoxy groups -OCH3 is 1. The predicted molar refractivity (Wildman–Crippen MR) is 62.6 cm³/mol. The van der Waals surface area contributed by atoms with Crippen LogP contribution in [-0.4, -0.2) is 7.11 Å². The Morgan fingerprint density at radius 1 is 1.06 bits per heavy atom. The Morgan fingerprint density at radius 3 is 2.56 bits per heavy atom. The van der Waals surface area contributed by atoms with E-state index < -0.39 is 0 Å². The molecule has 0 aromatic heterocycles. The molecule has 0 fully saturated rings. The van der Waals surface area contributed by atoms with Gasteiger partial charge in [0, 0.05) is 6.07 Å². The van der Waals surface area contributed by atoms with E-state index in [1.807, 2.05) is 36.4 Å². The van der Waals surface area contributed by atoms with E-state index in [2.05, 4.69) is 6.07 Å². The molecule has 0 aliphatic heterocycles. The molecule has 2 rings (SSSR count). The lowest BCUT2D eigenvalue weighted by atomic mass is 10.2. The van der Waals surface area contributed by atoms with Crippen LogP contribution in [-0.2, 0) is 6.61 Å². The first-order valence-electron chi connectivity index (χ1n) is 5.10. The number of hydrogen-bond donors (Lipinski definition) is 0. The Kier molecular flexibility index (Phi) is 3.44. The second-order valence-corrected chi connectivity index (χ2v) is 3.38. The summed E-state index contributed by atoms with van der Waals surface area (Å²) in [6.07, 6.45) is 0. The van der Waals surface area contributed by atoms with Crippen molar-refractivity contribution < 1.29 is 9.47 Å². The van der Waals surface area contributed by atoms with E-state index in [0.29, 0.717) is 6.61 Å². The molecule has 16 heavy (non-hydrogen) atoms. The van der Waals surface area contributed by atoms with E-state index in [1.54, 1.807) is 19.2 Å². The zero-order valence-electron chi connectivity index (χ0n) is 9.14. The number of rotatable bonds is 4. The molecule has 0 saturated heterocycles. The van der Waals surface area contributed by atoms with E-state index in [-0.39, 0.29) is 0 Å². The molecule has 0 saturated carbocycles. The lowest BCUT2D eigenvalue weighted by Gasteiger charge is -2.07. The highest BCUT2D eigenvalue weighted by molar-refractivity contribution is 5.32. The van der Waals surface area contributed by atoms with Gasteiger partial charge in [0.25, 0.3) is 0 Å². The highest BCUT2D eigenvalue weighted by atomic mass is 16.5. The molecule has 1 radical (unpaired) electrons. The lowest BCUT2D eigenvalue weighted by Crippen LogP contribution is -1.95. The van der Waals surface area contributed by atoms with Gasteiger partial charge in [-0.2, -0.15) is 0 Å². The molecule has 0 unspecified atom stereocenters. The van der Waals surface area contributed by atoms with Crippen LogP contribution < -0.4 is 9.47 Å². The highest BCUT2D eigenvalue weighted by Crippen LogP contribution is 2.19. The van der Waals surface area contributed by atoms with Gasteiger partial charge >= 0.3 is 0 Å². The highest BCUT2D eigenvalue weighted by Gasteiger charge is 1.97. The van der Waals surface area contributed by atoms with Crippen molar-refractivity contribution >= 4 is 0 Å². The number of benzene rings is 2. The molecule has 0 aliphatic rings. The van der Waals surface area contributed by atoms with Crippen molar-refractivity contribution in [2.75, 3.05) is 7.11 Å². The molecule has 0 heterocycles. The third-order valence-electron chi connectivity index (χ3n) is 2.22. The van der Waals surface area contributed by atoms with Crippen molar-refractivity contribution in [2.45, 2.75) is 6.61 Å². The van der Waals surface area contributed by atoms with E-state index in [1.165, 1.54) is 0 Å². The van der Waals surface area contributed by atoms with Crippen molar-refractivity contribution in [3.63, 3.8) is 0 Å². The average Bonchev–Trinajstić information content (AvgIpc) is 2.38. The monoisotopic (exact) mass is 213 g/mol. The first-order valence-corrected chi connectivity index (χ1v) is 5.10. The van der Waals surface area contributed by atoms with Crippen LogP contribution in [0.15, 0.2) is 48.5 Å². The van der Waals surface area contributed by atoms with Gasteiger partial charge in [0.05, 0.1) is 7.11 Å². The maximum absolute atomic E-state index is 5.62. The summed E-state index contributed by atoms with van der Waals surface area (Å²) in [6.45, 7) is 0.557. The summed E-state index contributed by atoms with van der Waals surface area (Å²) in [7, 11) is 1.63. The Balaban J connectivity index is 1.99. The minimum atomic E-state index is 0.557. The fourth-order valence-electron chi connectivity index (χ4n) is 1.37. The summed E-state index contributed by atoms with van der Waals surface area (Å²) in [6, 6.07) is 18.4. The van der Waals surface area contributed by atoms with E-state index in [4.69, 9.17) is 9.47 Å². The largest absolute Gasteiger partial charge is 0.497 e. The minimum Gasteiger partial charge on any atom is -0.497 e. The van der Waals surface area contributed by atoms with Crippen LogP contribution in [0.4, 0.5) is 0 Å². The molecule has 2 heteroatoms. The maximum atomic E-state index is 5.62. The lowest BCUT2D eigenvalue weighted by molar-refractivity contribution is 0.303. The van der Waals surface area contributed by atoms with Crippen LogP contribution in [0.5, 0.6) is 11.5 Å². The molecule has 0 atom stereocenters. The molecule has 0 bridgehead atoms. The Hall–Kier alpha value is -1.96. The quantitative estimate of drug-likeness (QED) is 0.777. The molecular weight excluding hydrogens is 200 g/mol. The van der Waals surface area contributed by atoms with Gasteiger partial charge in [-0.25, -0.2) is 0 Å². The van der Waals surface area contributed by atoms with Crippen molar-refractivity contribution in [3.8, 4) is 11.5 Å². The first kappa shape index (κ1) is 10.6. The van der Waals surface area contributed by atoms with E-state index in [9.17, 15) is 0 Å². The van der Waals surface area contributed by atoms with Crippen molar-refractivity contribution in [2.24, 2.45) is 0 Å². The number of ether oxygens (including phenoxy) is 2. The maximum Gasteiger partial charge on any atom is 0.124 e. The molecular formula is C14H13O2. The minimum absolute atomic E-state index is 0.557. The molecule has 0 spiro atoms. The summed E-state index contributed by atoms with van der Waals surface area (Å²) >= 11 is 0. The van der Waals surface area contributed by atoms with Gasteiger partial charge < -0.3 is 9.47 Å². The molecule has 0 N–H and O–H groups in total. The van der Waals surface area contributed by atoms with Gasteiger partial charge in [-0.05, 0) is 23.8 Å². The normalized spacial score (nSPS) is 9.81. The van der Waals surface area contributed by atoms with Crippen LogP contribution in [0.2, 0.25) is 0 Å². The van der Waals surface area contributed by atoms with Crippen molar-refractivity contribution in [3.05, 3.63) is 60.2 Å². The van der Waals surface area contributed by atoms with Gasteiger partial charge in [-0.15, -0.1) is 0 Å². The molecule has 2 aromatic carbocycles. The second kappa shape index (κ2) is 5.21. The van der Waals surface area contributed by atoms with Crippen LogP contribution >= 0.6 is 0 Å². The Labute approximate surface area is 95.4 Å². The van der Waals surface area contributed by atoms with Gasteiger partial charge in [-0.1, -0.05) is 30.3 Å². The SMILES string of the molecule is COc1c[c]cc(OCc2ccccc2)c1. The summed E-state index contributed by atoms with van der Waals surface area (Å²) in [4.78, 5) is 0. The molecule has 2 nitrogen and oxygen atoms in total. The van der Waals surface area contributed by atoms with E-state index in [0.717, 1.165) is 17.1 Å². The standard InChI is InChI=1S/C14H13O2/c1-15-13-8-5-9-14(10-13)16-11-12-6-3-2-4-7-12/h2-4,6-10H,11H2,1H3. The van der Waals surface area contributed by atoms with Crippen LogP contribution in [0.25, 0.3) is 0 Å². The summed E-state index contributed by atoms with van der Waals surface area (Å²) in [5.74, 6) is 1.52. The summed E-state index contributed by atoms with van der Waals surface area (Å²) < 4.78 is 10.7. The van der Waals surface area contributed by atoms with Crippen LogP contribution in [0.1, 0.15) is 5.56 Å². The Bertz CT molecular complexity index is 437. The molecule has 2 aromatic rings. The smallest absolute Gasteiger partial charge is 0.124 e. The van der Waals surface area contributed by atoms with Crippen LogP contribution in [0.3, 0.4) is 0 Å². The van der Waals surface area contributed by atoms with Crippen molar-refractivity contribution in [1.82, 2.24) is 0 Å². The summed E-state index contributed by atoms with van der Waals surface area (Å²) in [5, 5.41) is 0.